The number of allylic oxidation sites excluding steroid dienone is 16. The summed E-state index contributed by atoms with van der Waals surface area (Å²) in [5.41, 5.74) is 0. The molecular formula is C93H165NO18. The predicted molar refractivity (Wildman–Crippen MR) is 452 cm³/mol. The molecule has 0 aromatic carbocycles. The smallest absolute Gasteiger partial charge is 0.220 e. The van der Waals surface area contributed by atoms with E-state index in [0.717, 1.165) is 103 Å². The van der Waals surface area contributed by atoms with Crippen LogP contribution >= 0.6 is 0 Å². The molecule has 3 heterocycles. The molecule has 3 saturated heterocycles. The van der Waals surface area contributed by atoms with Crippen molar-refractivity contribution >= 4 is 5.91 Å². The number of carbonyl (C=O) groups is 1. The number of ether oxygens (including phenoxy) is 6. The zero-order valence-corrected chi connectivity index (χ0v) is 70.1. The zero-order valence-electron chi connectivity index (χ0n) is 70.1. The van der Waals surface area contributed by atoms with Crippen LogP contribution in [0.3, 0.4) is 0 Å². The SMILES string of the molecule is CC/C=C\C/C=C\C/C=C\C/C=C\C/C=C\C/C=C\C/C=C\C/C=C\CCCCCCCCCCCCCCC(=O)NC(COC1OC(CO)C(OC2OC(CO)C(OC3OC(CO)C(O)C(O)C3O)C(O)C2O)C(O)C1O)C(O)CCCCCCCCCCCCCCCCCCCCCCCCCCCCCCCC. The van der Waals surface area contributed by atoms with Crippen molar-refractivity contribution in [2.75, 3.05) is 26.4 Å². The molecule has 3 aliphatic heterocycles. The number of hydrogen-bond acceptors (Lipinski definition) is 18. The minimum Gasteiger partial charge on any atom is -0.394 e. The zero-order chi connectivity index (χ0) is 81.0. The summed E-state index contributed by atoms with van der Waals surface area (Å²) in [7, 11) is 0. The fraction of sp³-hybridized carbons (Fsp3) is 0.817. The van der Waals surface area contributed by atoms with E-state index in [9.17, 15) is 61.0 Å². The summed E-state index contributed by atoms with van der Waals surface area (Å²) in [4.78, 5) is 13.6. The van der Waals surface area contributed by atoms with Gasteiger partial charge in [-0.3, -0.25) is 4.79 Å². The summed E-state index contributed by atoms with van der Waals surface area (Å²) in [5, 5.41) is 121. The second kappa shape index (κ2) is 71.8. The molecule has 0 aliphatic carbocycles. The first-order valence-electron chi connectivity index (χ1n) is 45.5. The van der Waals surface area contributed by atoms with E-state index in [-0.39, 0.29) is 18.9 Å². The van der Waals surface area contributed by atoms with E-state index in [0.29, 0.717) is 12.8 Å². The monoisotopic (exact) mass is 1580 g/mol. The molecule has 0 spiro atoms. The van der Waals surface area contributed by atoms with Gasteiger partial charge in [0.1, 0.15) is 73.2 Å². The third kappa shape index (κ3) is 49.8. The highest BCUT2D eigenvalue weighted by Crippen LogP contribution is 2.34. The molecule has 19 nitrogen and oxygen atoms in total. The Labute approximate surface area is 679 Å². The maximum absolute atomic E-state index is 13.6. The molecule has 17 unspecified atom stereocenters. The molecule has 650 valence electrons. The first kappa shape index (κ1) is 103. The third-order valence-electron chi connectivity index (χ3n) is 22.2. The number of amides is 1. The number of hydrogen-bond donors (Lipinski definition) is 12. The Balaban J connectivity index is 1.32. The lowest BCUT2D eigenvalue weighted by Gasteiger charge is -2.48. The average molecular weight is 1590 g/mol. The third-order valence-corrected chi connectivity index (χ3v) is 22.2. The number of unbranched alkanes of at least 4 members (excludes halogenated alkanes) is 41. The maximum atomic E-state index is 13.6. The number of carbonyl (C=O) groups excluding carboxylic acids is 1. The molecule has 1 amide bonds. The van der Waals surface area contributed by atoms with Gasteiger partial charge in [-0.2, -0.15) is 0 Å². The Hall–Kier alpha value is -3.29. The van der Waals surface area contributed by atoms with Gasteiger partial charge in [-0.25, -0.2) is 0 Å². The fourth-order valence-electron chi connectivity index (χ4n) is 15.0. The quantitative estimate of drug-likeness (QED) is 0.0199. The van der Waals surface area contributed by atoms with E-state index in [1.54, 1.807) is 0 Å². The van der Waals surface area contributed by atoms with Crippen molar-refractivity contribution in [3.63, 3.8) is 0 Å². The molecule has 12 N–H and O–H groups in total. The second-order valence-corrected chi connectivity index (χ2v) is 32.0. The van der Waals surface area contributed by atoms with Crippen molar-refractivity contribution in [2.24, 2.45) is 0 Å². The molecule has 3 rings (SSSR count). The van der Waals surface area contributed by atoms with Crippen LogP contribution in [0.1, 0.15) is 354 Å². The Morgan fingerprint density at radius 2 is 0.616 bits per heavy atom. The van der Waals surface area contributed by atoms with Crippen molar-refractivity contribution in [3.8, 4) is 0 Å². The minimum atomic E-state index is -1.98. The van der Waals surface area contributed by atoms with E-state index in [1.165, 1.54) is 218 Å². The number of aliphatic hydroxyl groups excluding tert-OH is 11. The van der Waals surface area contributed by atoms with Gasteiger partial charge in [0.25, 0.3) is 0 Å². The van der Waals surface area contributed by atoms with E-state index < -0.39 is 124 Å². The van der Waals surface area contributed by atoms with E-state index in [1.807, 2.05) is 0 Å². The summed E-state index contributed by atoms with van der Waals surface area (Å²) in [6, 6.07) is -0.896. The van der Waals surface area contributed by atoms with Crippen molar-refractivity contribution in [1.29, 1.82) is 0 Å². The number of rotatable bonds is 73. The van der Waals surface area contributed by atoms with Gasteiger partial charge < -0.3 is 89.9 Å². The average Bonchev–Trinajstić information content (AvgIpc) is 0.781. The highest BCUT2D eigenvalue weighted by atomic mass is 16.8. The summed E-state index contributed by atoms with van der Waals surface area (Å²) in [5.74, 6) is -0.243. The van der Waals surface area contributed by atoms with Gasteiger partial charge in [0.15, 0.2) is 18.9 Å². The van der Waals surface area contributed by atoms with Gasteiger partial charge in [0, 0.05) is 6.42 Å². The standard InChI is InChI=1S/C93H165NO18/c1-3-5-7-9-11-13-15-17-19-21-23-25-27-29-31-33-35-36-37-38-39-40-41-43-45-47-49-51-53-55-57-59-61-63-65-67-69-71-81(99)94-76(77(98)70-68-66-64-62-60-58-56-54-52-50-48-46-44-42-34-32-30-28-26-24-22-20-18-16-14-12-10-8-6-4-2)75-107-91-87(105)84(102)89(79(73-96)109-91)112-93-88(106)85(103)90(80(74-97)110-93)111-92-86(104)83(101)82(100)78(72-95)108-92/h5,7,11,13,17,19,23,25,29,31,35-36,38-39,41,43,76-80,82-93,95-98,100-106H,3-4,6,8-10,12,14-16,18,20-22,24,26-28,30,32-34,37,40,42,44-75H2,1-2H3,(H,94,99)/b7-5-,13-11-,19-17-,25-23-,31-29-,36-35-,39-38-,43-41-. The Kier molecular flexibility index (Phi) is 66.0. The Morgan fingerprint density at radius 1 is 0.330 bits per heavy atom. The van der Waals surface area contributed by atoms with E-state index in [2.05, 4.69) is 116 Å². The maximum Gasteiger partial charge on any atom is 0.220 e. The van der Waals surface area contributed by atoms with Crippen LogP contribution in [-0.2, 0) is 33.2 Å². The van der Waals surface area contributed by atoms with Gasteiger partial charge in [-0.05, 0) is 77.0 Å². The highest BCUT2D eigenvalue weighted by Gasteiger charge is 2.54. The molecule has 3 aliphatic rings. The van der Waals surface area contributed by atoms with Crippen LogP contribution in [0.5, 0.6) is 0 Å². The topological polar surface area (TPSA) is 307 Å². The second-order valence-electron chi connectivity index (χ2n) is 32.0. The molecule has 0 radical (unpaired) electrons. The Morgan fingerprint density at radius 3 is 0.964 bits per heavy atom. The molecule has 0 saturated carbocycles. The largest absolute Gasteiger partial charge is 0.394 e. The van der Waals surface area contributed by atoms with Gasteiger partial charge in [-0.1, -0.05) is 368 Å². The molecule has 112 heavy (non-hydrogen) atoms. The highest BCUT2D eigenvalue weighted by molar-refractivity contribution is 5.76. The number of aliphatic hydroxyl groups is 11. The number of nitrogens with one attached hydrogen (secondary N) is 1. The van der Waals surface area contributed by atoms with Gasteiger partial charge in [-0.15, -0.1) is 0 Å². The van der Waals surface area contributed by atoms with Crippen LogP contribution in [0.25, 0.3) is 0 Å². The lowest BCUT2D eigenvalue weighted by Crippen LogP contribution is -2.66. The normalized spacial score (nSPS) is 25.4. The molecule has 17 atom stereocenters. The van der Waals surface area contributed by atoms with Crippen LogP contribution in [0.15, 0.2) is 97.2 Å². The fourth-order valence-corrected chi connectivity index (χ4v) is 15.0. The molecule has 0 aromatic heterocycles. The van der Waals surface area contributed by atoms with Crippen molar-refractivity contribution in [2.45, 2.75) is 458 Å². The van der Waals surface area contributed by atoms with Crippen LogP contribution in [0.2, 0.25) is 0 Å². The van der Waals surface area contributed by atoms with Crippen LogP contribution < -0.4 is 5.32 Å². The summed E-state index contributed by atoms with van der Waals surface area (Å²) < 4.78 is 34.6. The van der Waals surface area contributed by atoms with Crippen LogP contribution in [0.4, 0.5) is 0 Å². The van der Waals surface area contributed by atoms with Crippen molar-refractivity contribution in [1.82, 2.24) is 5.32 Å². The lowest BCUT2D eigenvalue weighted by molar-refractivity contribution is -0.379. The molecule has 19 heteroatoms. The summed E-state index contributed by atoms with van der Waals surface area (Å²) >= 11 is 0. The van der Waals surface area contributed by atoms with Gasteiger partial charge >= 0.3 is 0 Å². The van der Waals surface area contributed by atoms with E-state index in [4.69, 9.17) is 28.4 Å². The van der Waals surface area contributed by atoms with Crippen molar-refractivity contribution < 1.29 is 89.4 Å². The molecule has 3 fully saturated rings. The lowest BCUT2D eigenvalue weighted by atomic mass is 9.96. The summed E-state index contributed by atoms with van der Waals surface area (Å²) in [6.07, 6.45) is 72.2. The predicted octanol–water partition coefficient (Wildman–Crippen LogP) is 17.5. The summed E-state index contributed by atoms with van der Waals surface area (Å²) in [6.45, 7) is 1.73. The van der Waals surface area contributed by atoms with Crippen LogP contribution in [0, 0.1) is 0 Å². The molecule has 0 aromatic rings. The first-order chi connectivity index (χ1) is 54.8. The molecular weight excluding hydrogens is 1420 g/mol. The Bertz CT molecular complexity index is 2400. The molecule has 0 bridgehead atoms. The minimum absolute atomic E-state index is 0.243. The van der Waals surface area contributed by atoms with E-state index >= 15 is 0 Å². The van der Waals surface area contributed by atoms with Crippen molar-refractivity contribution in [3.05, 3.63) is 97.2 Å². The van der Waals surface area contributed by atoms with Gasteiger partial charge in [0.05, 0.1) is 38.6 Å². The van der Waals surface area contributed by atoms with Crippen LogP contribution in [-0.4, -0.2) is 193 Å². The van der Waals surface area contributed by atoms with Gasteiger partial charge in [0.2, 0.25) is 5.91 Å². The first-order valence-corrected chi connectivity index (χ1v) is 45.5.